The number of methoxy groups -OCH3 is 1. The Morgan fingerprint density at radius 1 is 1.22 bits per heavy atom. The minimum atomic E-state index is 0.141. The number of ether oxygens (including phenoxy) is 1. The highest BCUT2D eigenvalue weighted by Gasteiger charge is 2.19. The number of carbonyl (C=O) groups is 1. The summed E-state index contributed by atoms with van der Waals surface area (Å²) < 4.78 is 5.39. The molecule has 0 bridgehead atoms. The van der Waals surface area contributed by atoms with Crippen LogP contribution in [0, 0.1) is 0 Å². The van der Waals surface area contributed by atoms with Crippen LogP contribution < -0.4 is 4.74 Å². The molecule has 0 N–H and O–H groups in total. The first-order chi connectivity index (χ1) is 13.1. The molecule has 3 rings (SSSR count). The summed E-state index contributed by atoms with van der Waals surface area (Å²) >= 11 is 6.09. The van der Waals surface area contributed by atoms with Crippen molar-refractivity contribution in [2.24, 2.45) is 0 Å². The van der Waals surface area contributed by atoms with Crippen molar-refractivity contribution >= 4 is 23.1 Å². The third-order valence-electron chi connectivity index (χ3n) is 4.79. The summed E-state index contributed by atoms with van der Waals surface area (Å²) in [5.74, 6) is 0.925. The van der Waals surface area contributed by atoms with E-state index in [-0.39, 0.29) is 5.91 Å². The monoisotopic (exact) mass is 384 g/mol. The zero-order chi connectivity index (χ0) is 19.2. The van der Waals surface area contributed by atoms with Crippen LogP contribution in [-0.2, 0) is 11.3 Å². The van der Waals surface area contributed by atoms with E-state index in [4.69, 9.17) is 16.3 Å². The van der Waals surface area contributed by atoms with Crippen LogP contribution in [0.3, 0.4) is 0 Å². The molecule has 0 aliphatic carbocycles. The Balaban J connectivity index is 1.56. The number of nitrogens with zero attached hydrogens (tertiary/aromatic N) is 2. The van der Waals surface area contributed by atoms with E-state index in [0.717, 1.165) is 24.3 Å². The predicted molar refractivity (Wildman–Crippen MR) is 110 cm³/mol. The predicted octanol–water partition coefficient (Wildman–Crippen LogP) is 4.10. The van der Waals surface area contributed by atoms with Gasteiger partial charge in [0.2, 0.25) is 5.91 Å². The third kappa shape index (κ3) is 5.12. The lowest BCUT2D eigenvalue weighted by Gasteiger charge is -2.28. The van der Waals surface area contributed by atoms with Gasteiger partial charge in [-0.05, 0) is 42.8 Å². The molecule has 0 radical (unpaired) electrons. The molecular formula is C22H25ClN2O2. The Labute approximate surface area is 166 Å². The minimum absolute atomic E-state index is 0.141. The van der Waals surface area contributed by atoms with Crippen molar-refractivity contribution in [3.05, 3.63) is 70.8 Å². The van der Waals surface area contributed by atoms with Crippen LogP contribution in [0.4, 0.5) is 0 Å². The molecule has 0 unspecified atom stereocenters. The fourth-order valence-corrected chi connectivity index (χ4v) is 3.55. The molecule has 27 heavy (non-hydrogen) atoms. The number of likely N-dealkylation sites (N-methyl/N-ethyl adjacent to an activating group) is 1. The van der Waals surface area contributed by atoms with Gasteiger partial charge in [-0.1, -0.05) is 48.0 Å². The first-order valence-electron chi connectivity index (χ1n) is 9.10. The second-order valence-electron chi connectivity index (χ2n) is 6.81. The van der Waals surface area contributed by atoms with Crippen molar-refractivity contribution in [1.29, 1.82) is 0 Å². The Bertz CT molecular complexity index is 820. The lowest BCUT2D eigenvalue weighted by molar-refractivity contribution is -0.131. The Hall–Kier alpha value is -2.30. The number of amides is 1. The Morgan fingerprint density at radius 2 is 2.00 bits per heavy atom. The van der Waals surface area contributed by atoms with E-state index in [1.54, 1.807) is 13.2 Å². The number of carbonyl (C=O) groups excluding carboxylic acids is 1. The molecule has 142 valence electrons. The van der Waals surface area contributed by atoms with Crippen LogP contribution in [0.5, 0.6) is 5.75 Å². The highest BCUT2D eigenvalue weighted by molar-refractivity contribution is 6.30. The molecule has 0 fully saturated rings. The fraction of sp³-hybridized carbons (Fsp3) is 0.318. The van der Waals surface area contributed by atoms with E-state index >= 15 is 0 Å². The van der Waals surface area contributed by atoms with E-state index in [1.807, 2.05) is 47.2 Å². The molecule has 1 aliphatic rings. The van der Waals surface area contributed by atoms with Gasteiger partial charge in [0.15, 0.2) is 0 Å². The van der Waals surface area contributed by atoms with E-state index in [0.29, 0.717) is 24.7 Å². The molecule has 1 aliphatic heterocycles. The van der Waals surface area contributed by atoms with Crippen molar-refractivity contribution in [3.63, 3.8) is 0 Å². The summed E-state index contributed by atoms with van der Waals surface area (Å²) in [6, 6.07) is 15.9. The van der Waals surface area contributed by atoms with Gasteiger partial charge in [-0.15, -0.1) is 0 Å². The lowest BCUT2D eigenvalue weighted by atomic mass is 9.99. The topological polar surface area (TPSA) is 32.8 Å². The van der Waals surface area contributed by atoms with Crippen molar-refractivity contribution < 1.29 is 9.53 Å². The van der Waals surface area contributed by atoms with E-state index in [9.17, 15) is 4.79 Å². The maximum Gasteiger partial charge on any atom is 0.237 e. The number of hydrogen-bond donors (Lipinski definition) is 0. The van der Waals surface area contributed by atoms with Crippen molar-refractivity contribution in [2.45, 2.75) is 13.0 Å². The first-order valence-corrected chi connectivity index (χ1v) is 9.48. The van der Waals surface area contributed by atoms with Gasteiger partial charge in [0.1, 0.15) is 5.75 Å². The maximum atomic E-state index is 12.7. The molecule has 1 amide bonds. The van der Waals surface area contributed by atoms with Gasteiger partial charge in [0.05, 0.1) is 13.7 Å². The third-order valence-corrected chi connectivity index (χ3v) is 5.03. The van der Waals surface area contributed by atoms with Crippen LogP contribution in [0.25, 0.3) is 5.57 Å². The smallest absolute Gasteiger partial charge is 0.237 e. The van der Waals surface area contributed by atoms with Crippen LogP contribution >= 0.6 is 11.6 Å². The second-order valence-corrected chi connectivity index (χ2v) is 7.25. The zero-order valence-electron chi connectivity index (χ0n) is 15.8. The molecular weight excluding hydrogens is 360 g/mol. The number of halogens is 1. The van der Waals surface area contributed by atoms with Gasteiger partial charge in [0, 0.05) is 30.2 Å². The molecule has 2 aromatic rings. The highest BCUT2D eigenvalue weighted by atomic mass is 35.5. The molecule has 0 spiro atoms. The molecule has 4 nitrogen and oxygen atoms in total. The van der Waals surface area contributed by atoms with Crippen molar-refractivity contribution in [2.75, 3.05) is 33.8 Å². The van der Waals surface area contributed by atoms with Gasteiger partial charge in [0.25, 0.3) is 0 Å². The van der Waals surface area contributed by atoms with E-state index < -0.39 is 0 Å². The summed E-state index contributed by atoms with van der Waals surface area (Å²) in [4.78, 5) is 16.6. The van der Waals surface area contributed by atoms with Crippen molar-refractivity contribution in [3.8, 4) is 5.75 Å². The molecule has 0 atom stereocenters. The average molecular weight is 385 g/mol. The number of rotatable bonds is 6. The fourth-order valence-electron chi connectivity index (χ4n) is 3.36. The lowest BCUT2D eigenvalue weighted by Crippen LogP contribution is -2.40. The number of benzene rings is 2. The largest absolute Gasteiger partial charge is 0.496 e. The highest BCUT2D eigenvalue weighted by Crippen LogP contribution is 2.24. The molecule has 2 aromatic carbocycles. The first kappa shape index (κ1) is 19.5. The van der Waals surface area contributed by atoms with E-state index in [2.05, 4.69) is 18.2 Å². The Kier molecular flexibility index (Phi) is 6.54. The summed E-state index contributed by atoms with van der Waals surface area (Å²) in [6.07, 6.45) is 3.05. The van der Waals surface area contributed by atoms with Crippen LogP contribution in [0.1, 0.15) is 17.5 Å². The molecule has 0 aromatic heterocycles. The van der Waals surface area contributed by atoms with Crippen LogP contribution in [-0.4, -0.2) is 49.5 Å². The zero-order valence-corrected chi connectivity index (χ0v) is 16.6. The number of hydrogen-bond acceptors (Lipinski definition) is 3. The summed E-state index contributed by atoms with van der Waals surface area (Å²) in [7, 11) is 3.58. The summed E-state index contributed by atoms with van der Waals surface area (Å²) in [6.45, 7) is 2.39. The molecule has 5 heteroatoms. The SMILES string of the molecule is COc1ccc(Cl)cc1CN(C)CC(=O)N1CC=C(c2ccccc2)CC1. The van der Waals surface area contributed by atoms with Crippen LogP contribution in [0.15, 0.2) is 54.6 Å². The van der Waals surface area contributed by atoms with Gasteiger partial charge in [-0.3, -0.25) is 9.69 Å². The second kappa shape index (κ2) is 9.07. The van der Waals surface area contributed by atoms with E-state index in [1.165, 1.54) is 11.1 Å². The summed E-state index contributed by atoms with van der Waals surface area (Å²) in [5.41, 5.74) is 3.54. The van der Waals surface area contributed by atoms with Gasteiger partial charge < -0.3 is 9.64 Å². The maximum absolute atomic E-state index is 12.7. The molecule has 1 heterocycles. The van der Waals surface area contributed by atoms with Crippen molar-refractivity contribution in [1.82, 2.24) is 9.80 Å². The minimum Gasteiger partial charge on any atom is -0.496 e. The van der Waals surface area contributed by atoms with Gasteiger partial charge in [-0.2, -0.15) is 0 Å². The normalized spacial score (nSPS) is 14.2. The standard InChI is InChI=1S/C22H25ClN2O2/c1-24(15-19-14-20(23)8-9-21(19)27-2)16-22(26)25-12-10-18(11-13-25)17-6-4-3-5-7-17/h3-10,14H,11-13,15-16H2,1-2H3. The Morgan fingerprint density at radius 3 is 2.67 bits per heavy atom. The average Bonchev–Trinajstić information content (AvgIpc) is 2.69. The molecule has 0 saturated heterocycles. The van der Waals surface area contributed by atoms with Gasteiger partial charge >= 0.3 is 0 Å². The quantitative estimate of drug-likeness (QED) is 0.751. The summed E-state index contributed by atoms with van der Waals surface area (Å²) in [5, 5.41) is 0.667. The van der Waals surface area contributed by atoms with Gasteiger partial charge in [-0.25, -0.2) is 0 Å². The molecule has 0 saturated carbocycles. The van der Waals surface area contributed by atoms with Crippen LogP contribution in [0.2, 0.25) is 5.02 Å².